The van der Waals surface area contributed by atoms with Crippen LogP contribution in [0.2, 0.25) is 0 Å². The maximum Gasteiger partial charge on any atom is 0.472 e. The van der Waals surface area contributed by atoms with Gasteiger partial charge in [-0.1, -0.05) is 221 Å². The second kappa shape index (κ2) is 50.1. The van der Waals surface area contributed by atoms with Crippen molar-refractivity contribution in [3.05, 3.63) is 0 Å². The third-order valence-electron chi connectivity index (χ3n) is 13.3. The third kappa shape index (κ3) is 50.3. The van der Waals surface area contributed by atoms with E-state index in [1.807, 2.05) is 0 Å². The summed E-state index contributed by atoms with van der Waals surface area (Å²) in [5, 5.41) is 10.5. The van der Waals surface area contributed by atoms with E-state index in [1.54, 1.807) is 0 Å². The molecule has 0 aliphatic heterocycles. The molecular formula is C57H110O17P2. The van der Waals surface area contributed by atoms with E-state index < -0.39 is 97.5 Å². The van der Waals surface area contributed by atoms with Gasteiger partial charge in [-0.2, -0.15) is 0 Å². The van der Waals surface area contributed by atoms with E-state index in [0.717, 1.165) is 121 Å². The highest BCUT2D eigenvalue weighted by atomic mass is 31.2. The minimum absolute atomic E-state index is 0.102. The number of phosphoric ester groups is 2. The maximum atomic E-state index is 12.9. The number of esters is 4. The lowest BCUT2D eigenvalue weighted by atomic mass is 9.99. The van der Waals surface area contributed by atoms with Crippen LogP contribution in [0.4, 0.5) is 0 Å². The Balaban J connectivity index is 5.17. The fourth-order valence-corrected chi connectivity index (χ4v) is 9.84. The van der Waals surface area contributed by atoms with Gasteiger partial charge in [0.15, 0.2) is 12.2 Å². The van der Waals surface area contributed by atoms with Gasteiger partial charge in [0.2, 0.25) is 0 Å². The van der Waals surface area contributed by atoms with Gasteiger partial charge < -0.3 is 33.8 Å². The number of carbonyl (C=O) groups is 4. The predicted octanol–water partition coefficient (Wildman–Crippen LogP) is 14.9. The predicted molar refractivity (Wildman–Crippen MR) is 298 cm³/mol. The van der Waals surface area contributed by atoms with E-state index >= 15 is 0 Å². The van der Waals surface area contributed by atoms with Crippen molar-refractivity contribution in [2.45, 2.75) is 291 Å². The number of phosphoric acid groups is 2. The molecule has 3 N–H and O–H groups in total. The monoisotopic (exact) mass is 1130 g/mol. The van der Waals surface area contributed by atoms with Crippen LogP contribution in [0.25, 0.3) is 0 Å². The number of hydrogen-bond donors (Lipinski definition) is 3. The Kier molecular flexibility index (Phi) is 48.8. The molecule has 0 rings (SSSR count). The number of carbonyl (C=O) groups excluding carboxylic acids is 4. The van der Waals surface area contributed by atoms with E-state index in [1.165, 1.54) is 64.2 Å². The highest BCUT2D eigenvalue weighted by Crippen LogP contribution is 2.45. The Labute approximate surface area is 460 Å². The standard InChI is InChI=1S/C57H110O17P2/c1-7-10-12-14-20-29-35-41-56(61)73-52(45-67-54(59)39-33-25-13-11-8-2)47-71-75(63,64)69-43-51(58)44-70-76(65,66)72-48-53(46-68-55(60)40-34-28-24-19-21-26-31-37-49(4)5)74-57(62)42-36-30-23-18-16-15-17-22-27-32-38-50(6)9-3/h49-53,58H,7-48H2,1-6H3,(H,63,64)(H,65,66)/t50?,51-,52+,53+/m0/s1. The Morgan fingerprint density at radius 1 is 0.382 bits per heavy atom. The second-order valence-corrected chi connectivity index (χ2v) is 24.3. The first-order valence-electron chi connectivity index (χ1n) is 30.0. The Bertz CT molecular complexity index is 1520. The summed E-state index contributed by atoms with van der Waals surface area (Å²) in [6.07, 6.45) is 29.8. The summed E-state index contributed by atoms with van der Waals surface area (Å²) in [7, 11) is -9.86. The van der Waals surface area contributed by atoms with E-state index in [4.69, 9.17) is 37.0 Å². The zero-order valence-corrected chi connectivity index (χ0v) is 50.3. The van der Waals surface area contributed by atoms with Gasteiger partial charge >= 0.3 is 39.5 Å². The van der Waals surface area contributed by atoms with Crippen molar-refractivity contribution in [2.24, 2.45) is 11.8 Å². The molecule has 0 radical (unpaired) electrons. The minimum Gasteiger partial charge on any atom is -0.462 e. The average Bonchev–Trinajstić information content (AvgIpc) is 3.38. The Morgan fingerprint density at radius 2 is 0.671 bits per heavy atom. The SMILES string of the molecule is CCCCCCCCCC(=O)O[C@H](COC(=O)CCCCCCC)COP(=O)(O)OC[C@H](O)COP(=O)(O)OC[C@@H](COC(=O)CCCCCCCCCC(C)C)OC(=O)CCCCCCCCCCCCC(C)CC. The van der Waals surface area contributed by atoms with E-state index in [2.05, 4.69) is 41.5 Å². The molecule has 0 bridgehead atoms. The number of ether oxygens (including phenoxy) is 4. The zero-order valence-electron chi connectivity index (χ0n) is 48.5. The van der Waals surface area contributed by atoms with Crippen molar-refractivity contribution in [1.29, 1.82) is 0 Å². The van der Waals surface area contributed by atoms with Crippen LogP contribution >= 0.6 is 15.6 Å². The minimum atomic E-state index is -4.94. The second-order valence-electron chi connectivity index (χ2n) is 21.4. The largest absolute Gasteiger partial charge is 0.472 e. The summed E-state index contributed by atoms with van der Waals surface area (Å²) in [5.41, 5.74) is 0. The topological polar surface area (TPSA) is 237 Å². The molecule has 0 spiro atoms. The van der Waals surface area contributed by atoms with Crippen LogP contribution in [0, 0.1) is 11.8 Å². The molecule has 450 valence electrons. The smallest absolute Gasteiger partial charge is 0.462 e. The van der Waals surface area contributed by atoms with Crippen LogP contribution in [0.15, 0.2) is 0 Å². The number of unbranched alkanes of at least 4 members (excludes halogenated alkanes) is 25. The Hall–Kier alpha value is -1.94. The van der Waals surface area contributed by atoms with Gasteiger partial charge in [-0.3, -0.25) is 37.3 Å². The van der Waals surface area contributed by atoms with Crippen LogP contribution in [0.3, 0.4) is 0 Å². The highest BCUT2D eigenvalue weighted by molar-refractivity contribution is 7.47. The molecule has 19 heteroatoms. The first kappa shape index (κ1) is 74.1. The quantitative estimate of drug-likeness (QED) is 0.0222. The number of aliphatic hydroxyl groups excluding tert-OH is 1. The first-order valence-corrected chi connectivity index (χ1v) is 33.0. The van der Waals surface area contributed by atoms with Crippen molar-refractivity contribution in [1.82, 2.24) is 0 Å². The summed E-state index contributed by atoms with van der Waals surface area (Å²) in [5.74, 6) is -0.652. The van der Waals surface area contributed by atoms with Gasteiger partial charge in [0.25, 0.3) is 0 Å². The van der Waals surface area contributed by atoms with E-state index in [-0.39, 0.29) is 25.7 Å². The molecular weight excluding hydrogens is 1020 g/mol. The fourth-order valence-electron chi connectivity index (χ4n) is 8.26. The van der Waals surface area contributed by atoms with Crippen molar-refractivity contribution in [2.75, 3.05) is 39.6 Å². The highest BCUT2D eigenvalue weighted by Gasteiger charge is 2.30. The Morgan fingerprint density at radius 3 is 1.00 bits per heavy atom. The molecule has 6 atom stereocenters. The fraction of sp³-hybridized carbons (Fsp3) is 0.930. The van der Waals surface area contributed by atoms with E-state index in [9.17, 15) is 43.2 Å². The maximum absolute atomic E-state index is 12.9. The molecule has 0 aromatic carbocycles. The molecule has 0 saturated heterocycles. The number of hydrogen-bond acceptors (Lipinski definition) is 15. The summed E-state index contributed by atoms with van der Waals surface area (Å²) in [6.45, 7) is 9.27. The van der Waals surface area contributed by atoms with Crippen LogP contribution in [-0.2, 0) is 65.4 Å². The normalized spacial score (nSPS) is 14.9. The van der Waals surface area contributed by atoms with Crippen LogP contribution in [0.5, 0.6) is 0 Å². The van der Waals surface area contributed by atoms with Gasteiger partial charge in [0.1, 0.15) is 19.3 Å². The van der Waals surface area contributed by atoms with Gasteiger partial charge in [0, 0.05) is 25.7 Å². The zero-order chi connectivity index (χ0) is 56.6. The lowest BCUT2D eigenvalue weighted by molar-refractivity contribution is -0.161. The summed E-state index contributed by atoms with van der Waals surface area (Å²) in [4.78, 5) is 71.5. The molecule has 0 aromatic rings. The molecule has 0 amide bonds. The van der Waals surface area contributed by atoms with Crippen molar-refractivity contribution >= 4 is 39.5 Å². The summed E-state index contributed by atoms with van der Waals surface area (Å²) in [6, 6.07) is 0. The molecule has 3 unspecified atom stereocenters. The molecule has 0 aliphatic carbocycles. The van der Waals surface area contributed by atoms with Crippen molar-refractivity contribution < 1.29 is 80.2 Å². The van der Waals surface area contributed by atoms with Crippen molar-refractivity contribution in [3.8, 4) is 0 Å². The lowest BCUT2D eigenvalue weighted by Crippen LogP contribution is -2.30. The van der Waals surface area contributed by atoms with Gasteiger partial charge in [-0.25, -0.2) is 9.13 Å². The summed E-state index contributed by atoms with van der Waals surface area (Å²) < 4.78 is 67.4. The molecule has 0 saturated carbocycles. The van der Waals surface area contributed by atoms with Crippen LogP contribution < -0.4 is 0 Å². The average molecular weight is 1130 g/mol. The summed E-state index contributed by atoms with van der Waals surface area (Å²) >= 11 is 0. The number of aliphatic hydroxyl groups is 1. The molecule has 0 heterocycles. The van der Waals surface area contributed by atoms with Crippen LogP contribution in [0.1, 0.15) is 273 Å². The van der Waals surface area contributed by atoms with Gasteiger partial charge in [-0.05, 0) is 37.5 Å². The molecule has 17 nitrogen and oxygen atoms in total. The first-order chi connectivity index (χ1) is 36.4. The molecule has 76 heavy (non-hydrogen) atoms. The molecule has 0 aromatic heterocycles. The molecule has 0 fully saturated rings. The lowest BCUT2D eigenvalue weighted by Gasteiger charge is -2.21. The van der Waals surface area contributed by atoms with Crippen LogP contribution in [-0.4, -0.2) is 96.7 Å². The van der Waals surface area contributed by atoms with Gasteiger partial charge in [-0.15, -0.1) is 0 Å². The van der Waals surface area contributed by atoms with Gasteiger partial charge in [0.05, 0.1) is 26.4 Å². The van der Waals surface area contributed by atoms with Crippen molar-refractivity contribution in [3.63, 3.8) is 0 Å². The van der Waals surface area contributed by atoms with E-state index in [0.29, 0.717) is 31.6 Å². The number of rotatable bonds is 56. The third-order valence-corrected chi connectivity index (χ3v) is 15.2. The molecule has 0 aliphatic rings.